The van der Waals surface area contributed by atoms with Gasteiger partial charge in [0, 0.05) is 29.6 Å². The molecule has 116 valence electrons. The monoisotopic (exact) mass is 308 g/mol. The summed E-state index contributed by atoms with van der Waals surface area (Å²) < 4.78 is 4.86. The highest BCUT2D eigenvalue weighted by Gasteiger charge is 2.59. The maximum Gasteiger partial charge on any atom is 0.409 e. The number of nitrogens with zero attached hydrogens (tertiary/aromatic N) is 4. The molecule has 2 atom stereocenters. The molecule has 3 heterocycles. The van der Waals surface area contributed by atoms with Gasteiger partial charge >= 0.3 is 6.09 Å². The van der Waals surface area contributed by atoms with Crippen LogP contribution in [0.1, 0.15) is 18.5 Å². The number of amides is 1. The first kappa shape index (κ1) is 13.9. The highest BCUT2D eigenvalue weighted by Crippen LogP contribution is 2.58. The highest BCUT2D eigenvalue weighted by molar-refractivity contribution is 5.80. The van der Waals surface area contributed by atoms with E-state index in [1.165, 1.54) is 7.11 Å². The molecular formula is C17H16N4O2. The third-order valence-electron chi connectivity index (χ3n) is 5.07. The van der Waals surface area contributed by atoms with E-state index in [0.717, 1.165) is 36.0 Å². The van der Waals surface area contributed by atoms with Gasteiger partial charge in [0.2, 0.25) is 0 Å². The molecule has 1 aliphatic carbocycles. The Morgan fingerprint density at radius 2 is 2.39 bits per heavy atom. The maximum atomic E-state index is 11.8. The van der Waals surface area contributed by atoms with Crippen LogP contribution in [-0.4, -0.2) is 41.2 Å². The standard InChI is InChI=1S/C17H16N4O2/c1-18-15-7-13-11(9-19-15)3-4-14(20-13)17-8-12(17)5-6-21(10-17)16(22)23-2/h3-4,7,9,12H,5-6,8,10H2,2H3. The van der Waals surface area contributed by atoms with Crippen LogP contribution in [0.2, 0.25) is 0 Å². The van der Waals surface area contributed by atoms with Crippen molar-refractivity contribution in [3.05, 3.63) is 41.5 Å². The first-order valence-electron chi connectivity index (χ1n) is 7.64. The smallest absolute Gasteiger partial charge is 0.409 e. The fourth-order valence-corrected chi connectivity index (χ4v) is 3.71. The Morgan fingerprint density at radius 3 is 3.17 bits per heavy atom. The maximum absolute atomic E-state index is 11.8. The van der Waals surface area contributed by atoms with Gasteiger partial charge in [-0.05, 0) is 37.0 Å². The van der Waals surface area contributed by atoms with Crippen LogP contribution in [0.4, 0.5) is 10.6 Å². The number of aromatic nitrogens is 2. The average Bonchev–Trinajstić information content (AvgIpc) is 3.35. The van der Waals surface area contributed by atoms with Crippen molar-refractivity contribution in [3.8, 4) is 0 Å². The molecule has 4 rings (SSSR count). The van der Waals surface area contributed by atoms with Gasteiger partial charge in [-0.2, -0.15) is 0 Å². The van der Waals surface area contributed by atoms with Crippen molar-refractivity contribution in [1.82, 2.24) is 14.9 Å². The molecule has 6 nitrogen and oxygen atoms in total. The molecule has 0 radical (unpaired) electrons. The van der Waals surface area contributed by atoms with E-state index in [-0.39, 0.29) is 11.5 Å². The predicted octanol–water partition coefficient (Wildman–Crippen LogP) is 2.91. The summed E-state index contributed by atoms with van der Waals surface area (Å²) in [6.07, 6.45) is 3.46. The number of pyridine rings is 2. The summed E-state index contributed by atoms with van der Waals surface area (Å²) in [6, 6.07) is 5.75. The number of hydrogen-bond acceptors (Lipinski definition) is 4. The quantitative estimate of drug-likeness (QED) is 0.760. The molecule has 2 aromatic heterocycles. The lowest BCUT2D eigenvalue weighted by atomic mass is 9.93. The first-order valence-corrected chi connectivity index (χ1v) is 7.64. The zero-order valence-corrected chi connectivity index (χ0v) is 12.8. The number of carbonyl (C=O) groups excluding carboxylic acids is 1. The van der Waals surface area contributed by atoms with E-state index in [4.69, 9.17) is 16.3 Å². The molecule has 0 bridgehead atoms. The number of carbonyl (C=O) groups is 1. The molecule has 6 heteroatoms. The van der Waals surface area contributed by atoms with Gasteiger partial charge in [0.1, 0.15) is 6.20 Å². The Labute approximate surface area is 133 Å². The molecule has 0 aromatic carbocycles. The van der Waals surface area contributed by atoms with E-state index in [1.807, 2.05) is 12.1 Å². The van der Waals surface area contributed by atoms with Crippen LogP contribution in [0.3, 0.4) is 0 Å². The second kappa shape index (κ2) is 4.92. The lowest BCUT2D eigenvalue weighted by Crippen LogP contribution is -2.42. The van der Waals surface area contributed by atoms with E-state index >= 15 is 0 Å². The van der Waals surface area contributed by atoms with Crippen molar-refractivity contribution < 1.29 is 9.53 Å². The summed E-state index contributed by atoms with van der Waals surface area (Å²) in [5, 5.41) is 0.926. The summed E-state index contributed by atoms with van der Waals surface area (Å²) in [4.78, 5) is 25.8. The van der Waals surface area contributed by atoms with E-state index in [9.17, 15) is 4.79 Å². The zero-order valence-electron chi connectivity index (χ0n) is 12.8. The Morgan fingerprint density at radius 1 is 1.52 bits per heavy atom. The minimum absolute atomic E-state index is 0.0534. The second-order valence-corrected chi connectivity index (χ2v) is 6.28. The van der Waals surface area contributed by atoms with Gasteiger partial charge in [0.15, 0.2) is 0 Å². The van der Waals surface area contributed by atoms with Gasteiger partial charge in [-0.1, -0.05) is 6.57 Å². The minimum atomic E-state index is -0.269. The van der Waals surface area contributed by atoms with Crippen LogP contribution in [0, 0.1) is 12.5 Å². The molecule has 2 aliphatic rings. The summed E-state index contributed by atoms with van der Waals surface area (Å²) in [5.74, 6) is 0.933. The van der Waals surface area contributed by atoms with Crippen LogP contribution in [0.5, 0.6) is 0 Å². The van der Waals surface area contributed by atoms with Gasteiger partial charge in [-0.25, -0.2) is 4.79 Å². The average molecular weight is 308 g/mol. The van der Waals surface area contributed by atoms with Crippen molar-refractivity contribution in [2.24, 2.45) is 5.92 Å². The van der Waals surface area contributed by atoms with Gasteiger partial charge in [-0.3, -0.25) is 4.98 Å². The third kappa shape index (κ3) is 2.12. The van der Waals surface area contributed by atoms with Gasteiger partial charge in [0.25, 0.3) is 5.82 Å². The van der Waals surface area contributed by atoms with Crippen LogP contribution in [0.25, 0.3) is 15.7 Å². The van der Waals surface area contributed by atoms with Crippen LogP contribution >= 0.6 is 0 Å². The van der Waals surface area contributed by atoms with E-state index in [0.29, 0.717) is 18.3 Å². The van der Waals surface area contributed by atoms with Crippen LogP contribution in [-0.2, 0) is 10.2 Å². The van der Waals surface area contributed by atoms with E-state index < -0.39 is 0 Å². The third-order valence-corrected chi connectivity index (χ3v) is 5.07. The molecule has 0 spiro atoms. The number of rotatable bonds is 1. The number of fused-ring (bicyclic) bond motifs is 2. The topological polar surface area (TPSA) is 59.7 Å². The molecule has 1 amide bonds. The Kier molecular flexibility index (Phi) is 2.98. The molecule has 1 saturated carbocycles. The predicted molar refractivity (Wildman–Crippen MR) is 84.2 cm³/mol. The lowest BCUT2D eigenvalue weighted by Gasteiger charge is -2.31. The number of methoxy groups -OCH3 is 1. The molecule has 0 N–H and O–H groups in total. The number of hydrogen-bond donors (Lipinski definition) is 0. The van der Waals surface area contributed by atoms with Crippen molar-refractivity contribution in [2.75, 3.05) is 20.2 Å². The van der Waals surface area contributed by atoms with Crippen LogP contribution < -0.4 is 0 Å². The van der Waals surface area contributed by atoms with Crippen molar-refractivity contribution in [2.45, 2.75) is 18.3 Å². The fraction of sp³-hybridized carbons (Fsp3) is 0.412. The molecule has 1 saturated heterocycles. The molecule has 23 heavy (non-hydrogen) atoms. The SMILES string of the molecule is [C-]#[N+]c1cc2nc(C34CC3CCN(C(=O)OC)C4)ccc2cn1. The molecular weight excluding hydrogens is 292 g/mol. The summed E-state index contributed by atoms with van der Waals surface area (Å²) in [5.41, 5.74) is 1.74. The summed E-state index contributed by atoms with van der Waals surface area (Å²) >= 11 is 0. The van der Waals surface area contributed by atoms with Gasteiger partial charge in [0.05, 0.1) is 12.6 Å². The van der Waals surface area contributed by atoms with Crippen molar-refractivity contribution in [3.63, 3.8) is 0 Å². The lowest BCUT2D eigenvalue weighted by molar-refractivity contribution is 0.109. The van der Waals surface area contributed by atoms with Crippen molar-refractivity contribution in [1.29, 1.82) is 0 Å². The van der Waals surface area contributed by atoms with E-state index in [1.54, 1.807) is 17.2 Å². The Bertz CT molecular complexity index is 844. The molecule has 2 fully saturated rings. The molecule has 1 aliphatic heterocycles. The summed E-state index contributed by atoms with van der Waals surface area (Å²) in [6.45, 7) is 8.49. The largest absolute Gasteiger partial charge is 0.453 e. The highest BCUT2D eigenvalue weighted by atomic mass is 16.5. The number of ether oxygens (including phenoxy) is 1. The molecule has 2 aromatic rings. The van der Waals surface area contributed by atoms with Crippen molar-refractivity contribution >= 4 is 22.8 Å². The minimum Gasteiger partial charge on any atom is -0.453 e. The number of piperidine rings is 1. The Hall–Kier alpha value is -2.68. The zero-order chi connectivity index (χ0) is 16.0. The fourth-order valence-electron chi connectivity index (χ4n) is 3.71. The first-order chi connectivity index (χ1) is 11.2. The molecule has 2 unspecified atom stereocenters. The second-order valence-electron chi connectivity index (χ2n) is 6.28. The van der Waals surface area contributed by atoms with Gasteiger partial charge < -0.3 is 14.5 Å². The number of likely N-dealkylation sites (tertiary alicyclic amines) is 1. The summed E-state index contributed by atoms with van der Waals surface area (Å²) in [7, 11) is 1.42. The normalized spacial score (nSPS) is 25.6. The van der Waals surface area contributed by atoms with E-state index in [2.05, 4.69) is 9.83 Å². The van der Waals surface area contributed by atoms with Crippen LogP contribution in [0.15, 0.2) is 24.4 Å². The Balaban J connectivity index is 1.71. The van der Waals surface area contributed by atoms with Gasteiger partial charge in [-0.15, -0.1) is 4.98 Å².